The lowest BCUT2D eigenvalue weighted by Gasteiger charge is -2.04. The second-order valence-corrected chi connectivity index (χ2v) is 4.47. The summed E-state index contributed by atoms with van der Waals surface area (Å²) in [4.78, 5) is 15.2. The zero-order valence-corrected chi connectivity index (χ0v) is 10.9. The summed E-state index contributed by atoms with van der Waals surface area (Å²) in [7, 11) is 0. The van der Waals surface area contributed by atoms with Gasteiger partial charge in [-0.2, -0.15) is 0 Å². The number of rotatable bonds is 4. The second kappa shape index (κ2) is 5.24. The van der Waals surface area contributed by atoms with Gasteiger partial charge in [-0.1, -0.05) is 6.07 Å². The van der Waals surface area contributed by atoms with E-state index in [4.69, 9.17) is 9.84 Å². The summed E-state index contributed by atoms with van der Waals surface area (Å²) < 4.78 is 20.2. The Hall–Kier alpha value is -2.89. The summed E-state index contributed by atoms with van der Waals surface area (Å²) in [6, 6.07) is 9.12. The van der Waals surface area contributed by atoms with Crippen LogP contribution in [-0.4, -0.2) is 20.5 Å². The molecule has 0 unspecified atom stereocenters. The summed E-state index contributed by atoms with van der Waals surface area (Å²) >= 11 is 0. The summed E-state index contributed by atoms with van der Waals surface area (Å²) in [6.45, 7) is 0.173. The Kier molecular flexibility index (Phi) is 3.27. The standard InChI is InChI=1S/C15H11FN2O3/c16-11-4-5-14-17-12(8-18(14)7-11)9-21-13-3-1-2-10(6-13)15(19)20/h1-8H,9H2,(H,19,20). The summed E-state index contributed by atoms with van der Waals surface area (Å²) in [5, 5.41) is 8.91. The fourth-order valence-electron chi connectivity index (χ4n) is 1.96. The Morgan fingerprint density at radius 3 is 2.95 bits per heavy atom. The van der Waals surface area contributed by atoms with Gasteiger partial charge in [0.25, 0.3) is 0 Å². The van der Waals surface area contributed by atoms with Crippen molar-refractivity contribution in [2.45, 2.75) is 6.61 Å². The van der Waals surface area contributed by atoms with E-state index in [-0.39, 0.29) is 18.0 Å². The number of carboxylic acid groups (broad SMARTS) is 1. The van der Waals surface area contributed by atoms with E-state index < -0.39 is 5.97 Å². The van der Waals surface area contributed by atoms with Crippen LogP contribution in [0.5, 0.6) is 5.75 Å². The number of pyridine rings is 1. The van der Waals surface area contributed by atoms with E-state index in [9.17, 15) is 9.18 Å². The zero-order chi connectivity index (χ0) is 14.8. The maximum atomic E-state index is 13.1. The number of aromatic nitrogens is 2. The van der Waals surface area contributed by atoms with Crippen LogP contribution in [0.3, 0.4) is 0 Å². The van der Waals surface area contributed by atoms with E-state index in [1.165, 1.54) is 24.4 Å². The highest BCUT2D eigenvalue weighted by atomic mass is 19.1. The van der Waals surface area contributed by atoms with Crippen LogP contribution in [0.15, 0.2) is 48.8 Å². The molecule has 0 saturated heterocycles. The monoisotopic (exact) mass is 286 g/mol. The molecule has 0 radical (unpaired) electrons. The Bertz CT molecular complexity index is 814. The average Bonchev–Trinajstić information content (AvgIpc) is 2.87. The van der Waals surface area contributed by atoms with Crippen LogP contribution in [-0.2, 0) is 6.61 Å². The third-order valence-electron chi connectivity index (χ3n) is 2.93. The second-order valence-electron chi connectivity index (χ2n) is 4.47. The molecule has 0 atom stereocenters. The van der Waals surface area contributed by atoms with E-state index in [2.05, 4.69) is 4.98 Å². The van der Waals surface area contributed by atoms with Crippen molar-refractivity contribution < 1.29 is 19.0 Å². The molecular formula is C15H11FN2O3. The number of carbonyl (C=O) groups is 1. The number of imidazole rings is 1. The van der Waals surface area contributed by atoms with Crippen molar-refractivity contribution in [2.75, 3.05) is 0 Å². The van der Waals surface area contributed by atoms with Gasteiger partial charge in [0, 0.05) is 12.4 Å². The molecule has 0 aliphatic carbocycles. The highest BCUT2D eigenvalue weighted by Crippen LogP contribution is 2.15. The number of halogens is 1. The molecule has 1 N–H and O–H groups in total. The van der Waals surface area contributed by atoms with Crippen molar-refractivity contribution in [3.05, 3.63) is 65.9 Å². The highest BCUT2D eigenvalue weighted by molar-refractivity contribution is 5.87. The number of ether oxygens (including phenoxy) is 1. The van der Waals surface area contributed by atoms with Crippen LogP contribution in [0, 0.1) is 5.82 Å². The van der Waals surface area contributed by atoms with Crippen molar-refractivity contribution in [1.29, 1.82) is 0 Å². The molecule has 5 nitrogen and oxygen atoms in total. The Balaban J connectivity index is 1.77. The molecular weight excluding hydrogens is 275 g/mol. The lowest BCUT2D eigenvalue weighted by atomic mass is 10.2. The van der Waals surface area contributed by atoms with Gasteiger partial charge in [-0.3, -0.25) is 0 Å². The van der Waals surface area contributed by atoms with Gasteiger partial charge in [-0.25, -0.2) is 14.2 Å². The van der Waals surface area contributed by atoms with Gasteiger partial charge < -0.3 is 14.2 Å². The van der Waals surface area contributed by atoms with E-state index in [1.807, 2.05) is 0 Å². The van der Waals surface area contributed by atoms with Crippen LogP contribution in [0.2, 0.25) is 0 Å². The number of aromatic carboxylic acids is 1. The first-order valence-electron chi connectivity index (χ1n) is 6.21. The van der Waals surface area contributed by atoms with Gasteiger partial charge in [-0.05, 0) is 30.3 Å². The molecule has 6 heteroatoms. The van der Waals surface area contributed by atoms with Crippen molar-refractivity contribution >= 4 is 11.6 Å². The predicted octanol–water partition coefficient (Wildman–Crippen LogP) is 2.75. The molecule has 3 rings (SSSR count). The van der Waals surface area contributed by atoms with Crippen LogP contribution in [0.4, 0.5) is 4.39 Å². The average molecular weight is 286 g/mol. The largest absolute Gasteiger partial charge is 0.487 e. The van der Waals surface area contributed by atoms with Crippen LogP contribution in [0.25, 0.3) is 5.65 Å². The number of nitrogens with zero attached hydrogens (tertiary/aromatic N) is 2. The molecule has 2 heterocycles. The third kappa shape index (κ3) is 2.84. The van der Waals surface area contributed by atoms with Gasteiger partial charge in [0.1, 0.15) is 23.8 Å². The number of hydrogen-bond donors (Lipinski definition) is 1. The number of hydrogen-bond acceptors (Lipinski definition) is 3. The maximum absolute atomic E-state index is 13.1. The van der Waals surface area contributed by atoms with Crippen molar-refractivity contribution in [3.63, 3.8) is 0 Å². The molecule has 106 valence electrons. The SMILES string of the molecule is O=C(O)c1cccc(OCc2cn3cc(F)ccc3n2)c1. The topological polar surface area (TPSA) is 63.8 Å². The first-order valence-corrected chi connectivity index (χ1v) is 6.21. The molecule has 0 aliphatic rings. The van der Waals surface area contributed by atoms with Gasteiger partial charge in [-0.15, -0.1) is 0 Å². The fourth-order valence-corrected chi connectivity index (χ4v) is 1.96. The zero-order valence-electron chi connectivity index (χ0n) is 10.9. The minimum Gasteiger partial charge on any atom is -0.487 e. The minimum atomic E-state index is -1.01. The van der Waals surface area contributed by atoms with E-state index in [0.717, 1.165) is 0 Å². The molecule has 0 aliphatic heterocycles. The van der Waals surface area contributed by atoms with Gasteiger partial charge in [0.2, 0.25) is 0 Å². The Morgan fingerprint density at radius 2 is 2.14 bits per heavy atom. The molecule has 0 amide bonds. The maximum Gasteiger partial charge on any atom is 0.335 e. The molecule has 21 heavy (non-hydrogen) atoms. The summed E-state index contributed by atoms with van der Waals surface area (Å²) in [6.07, 6.45) is 3.00. The summed E-state index contributed by atoms with van der Waals surface area (Å²) in [5.74, 6) is -0.914. The van der Waals surface area contributed by atoms with Crippen LogP contribution < -0.4 is 4.74 Å². The quantitative estimate of drug-likeness (QED) is 0.801. The van der Waals surface area contributed by atoms with Crippen LogP contribution >= 0.6 is 0 Å². The fraction of sp³-hybridized carbons (Fsp3) is 0.0667. The first-order chi connectivity index (χ1) is 10.1. The predicted molar refractivity (Wildman–Crippen MR) is 72.9 cm³/mol. The molecule has 3 aromatic rings. The van der Waals surface area contributed by atoms with Gasteiger partial charge >= 0.3 is 5.97 Å². The minimum absolute atomic E-state index is 0.157. The number of benzene rings is 1. The number of fused-ring (bicyclic) bond motifs is 1. The van der Waals surface area contributed by atoms with Gasteiger partial charge in [0.05, 0.1) is 11.3 Å². The number of carboxylic acids is 1. The highest BCUT2D eigenvalue weighted by Gasteiger charge is 2.06. The van der Waals surface area contributed by atoms with Crippen molar-refractivity contribution in [1.82, 2.24) is 9.38 Å². The molecule has 0 spiro atoms. The lowest BCUT2D eigenvalue weighted by molar-refractivity contribution is 0.0696. The molecule has 0 fully saturated rings. The Labute approximate surface area is 119 Å². The van der Waals surface area contributed by atoms with Crippen molar-refractivity contribution in [3.8, 4) is 5.75 Å². The van der Waals surface area contributed by atoms with E-state index in [0.29, 0.717) is 17.1 Å². The van der Waals surface area contributed by atoms with Crippen LogP contribution in [0.1, 0.15) is 16.1 Å². The van der Waals surface area contributed by atoms with Gasteiger partial charge in [0.15, 0.2) is 0 Å². The smallest absolute Gasteiger partial charge is 0.335 e. The lowest BCUT2D eigenvalue weighted by Crippen LogP contribution is -1.99. The molecule has 1 aromatic carbocycles. The third-order valence-corrected chi connectivity index (χ3v) is 2.93. The molecule has 0 saturated carbocycles. The summed E-state index contributed by atoms with van der Waals surface area (Å²) in [5.41, 5.74) is 1.40. The van der Waals surface area contributed by atoms with Crippen molar-refractivity contribution in [2.24, 2.45) is 0 Å². The Morgan fingerprint density at radius 1 is 1.29 bits per heavy atom. The molecule has 0 bridgehead atoms. The molecule has 2 aromatic heterocycles. The first kappa shape index (κ1) is 13.1. The normalized spacial score (nSPS) is 10.7. The van der Waals surface area contributed by atoms with E-state index in [1.54, 1.807) is 28.8 Å². The van der Waals surface area contributed by atoms with E-state index >= 15 is 0 Å².